The van der Waals surface area contributed by atoms with E-state index in [1.807, 2.05) is 36.3 Å². The molecule has 0 saturated carbocycles. The molecule has 0 aliphatic rings. The monoisotopic (exact) mass is 259 g/mol. The summed E-state index contributed by atoms with van der Waals surface area (Å²) in [6, 6.07) is 4.00. The lowest BCUT2D eigenvalue weighted by Gasteiger charge is -2.08. The van der Waals surface area contributed by atoms with Gasteiger partial charge in [-0.1, -0.05) is 6.92 Å². The summed E-state index contributed by atoms with van der Waals surface area (Å²) in [4.78, 5) is 4.29. The van der Waals surface area contributed by atoms with E-state index < -0.39 is 0 Å². The third-order valence-corrected chi connectivity index (χ3v) is 3.14. The van der Waals surface area contributed by atoms with Crippen LogP contribution in [0.4, 0.5) is 11.5 Å². The normalized spacial score (nSPS) is 10.5. The van der Waals surface area contributed by atoms with Crippen molar-refractivity contribution in [1.82, 2.24) is 14.8 Å². The van der Waals surface area contributed by atoms with Crippen molar-refractivity contribution in [3.63, 3.8) is 0 Å². The smallest absolute Gasteiger partial charge is 0.127 e. The number of hydrogen-bond donors (Lipinski definition) is 2. The van der Waals surface area contributed by atoms with Gasteiger partial charge in [-0.25, -0.2) is 4.98 Å². The van der Waals surface area contributed by atoms with Gasteiger partial charge in [0.2, 0.25) is 0 Å². The lowest BCUT2D eigenvalue weighted by atomic mass is 10.2. The number of aromatic nitrogens is 3. The van der Waals surface area contributed by atoms with E-state index >= 15 is 0 Å². The highest BCUT2D eigenvalue weighted by Gasteiger charge is 2.03. The minimum atomic E-state index is 0.775. The van der Waals surface area contributed by atoms with E-state index in [1.165, 1.54) is 11.3 Å². The molecule has 0 aliphatic carbocycles. The molecule has 2 rings (SSSR count). The molecular formula is C14H21N5. The fourth-order valence-corrected chi connectivity index (χ4v) is 1.81. The molecule has 0 spiro atoms. The highest BCUT2D eigenvalue weighted by Crippen LogP contribution is 2.14. The molecule has 0 saturated heterocycles. The van der Waals surface area contributed by atoms with Crippen LogP contribution in [0, 0.1) is 6.92 Å². The Morgan fingerprint density at radius 1 is 1.32 bits per heavy atom. The van der Waals surface area contributed by atoms with Crippen LogP contribution in [0.25, 0.3) is 0 Å². The summed E-state index contributed by atoms with van der Waals surface area (Å²) >= 11 is 0. The van der Waals surface area contributed by atoms with Gasteiger partial charge in [-0.2, -0.15) is 5.10 Å². The standard InChI is InChI=1S/C14H21N5/c1-4-6-15-14-8-13(5-7-16-14)17-9-12-10-18-19(3)11(12)2/h5,7-8,10H,4,6,9H2,1-3H3,(H2,15,16,17). The van der Waals surface area contributed by atoms with Crippen molar-refractivity contribution < 1.29 is 0 Å². The van der Waals surface area contributed by atoms with Crippen LogP contribution >= 0.6 is 0 Å². The molecular weight excluding hydrogens is 238 g/mol. The topological polar surface area (TPSA) is 54.8 Å². The quantitative estimate of drug-likeness (QED) is 0.837. The lowest BCUT2D eigenvalue weighted by Crippen LogP contribution is -2.04. The van der Waals surface area contributed by atoms with Crippen LogP contribution in [-0.2, 0) is 13.6 Å². The number of nitrogens with one attached hydrogen (secondary N) is 2. The van der Waals surface area contributed by atoms with Crippen LogP contribution in [0.3, 0.4) is 0 Å². The first-order valence-electron chi connectivity index (χ1n) is 6.62. The predicted octanol–water partition coefficient (Wildman–Crippen LogP) is 2.56. The summed E-state index contributed by atoms with van der Waals surface area (Å²) in [6.07, 6.45) is 4.81. The molecule has 19 heavy (non-hydrogen) atoms. The van der Waals surface area contributed by atoms with Crippen LogP contribution in [0.15, 0.2) is 24.5 Å². The molecule has 0 unspecified atom stereocenters. The molecule has 0 atom stereocenters. The molecule has 5 heteroatoms. The van der Waals surface area contributed by atoms with Crippen LogP contribution < -0.4 is 10.6 Å². The van der Waals surface area contributed by atoms with Crippen molar-refractivity contribution in [3.05, 3.63) is 35.8 Å². The van der Waals surface area contributed by atoms with Gasteiger partial charge in [0.1, 0.15) is 5.82 Å². The molecule has 0 amide bonds. The fraction of sp³-hybridized carbons (Fsp3) is 0.429. The summed E-state index contributed by atoms with van der Waals surface area (Å²) in [5.74, 6) is 0.912. The highest BCUT2D eigenvalue weighted by molar-refractivity contribution is 5.52. The van der Waals surface area contributed by atoms with Gasteiger partial charge >= 0.3 is 0 Å². The van der Waals surface area contributed by atoms with Crippen LogP contribution in [0.2, 0.25) is 0 Å². The van der Waals surface area contributed by atoms with Crippen LogP contribution in [0.1, 0.15) is 24.6 Å². The van der Waals surface area contributed by atoms with E-state index in [9.17, 15) is 0 Å². The van der Waals surface area contributed by atoms with Gasteiger partial charge in [-0.3, -0.25) is 4.68 Å². The minimum absolute atomic E-state index is 0.775. The Hall–Kier alpha value is -2.04. The summed E-state index contributed by atoms with van der Waals surface area (Å²) in [5, 5.41) is 10.9. The van der Waals surface area contributed by atoms with Crippen molar-refractivity contribution in [2.24, 2.45) is 7.05 Å². The second-order valence-electron chi connectivity index (χ2n) is 4.59. The molecule has 2 aromatic rings. The van der Waals surface area contributed by atoms with E-state index in [4.69, 9.17) is 0 Å². The molecule has 2 aromatic heterocycles. The number of nitrogens with zero attached hydrogens (tertiary/aromatic N) is 3. The Labute approximate surface area is 114 Å². The summed E-state index contributed by atoms with van der Waals surface area (Å²) in [6.45, 7) is 5.93. The van der Waals surface area contributed by atoms with E-state index in [-0.39, 0.29) is 0 Å². The largest absolute Gasteiger partial charge is 0.381 e. The van der Waals surface area contributed by atoms with E-state index in [2.05, 4.69) is 34.6 Å². The highest BCUT2D eigenvalue weighted by atomic mass is 15.3. The van der Waals surface area contributed by atoms with E-state index in [1.54, 1.807) is 0 Å². The molecule has 0 bridgehead atoms. The average Bonchev–Trinajstić information content (AvgIpc) is 2.75. The van der Waals surface area contributed by atoms with Gasteiger partial charge < -0.3 is 10.6 Å². The van der Waals surface area contributed by atoms with Gasteiger partial charge in [-0.05, 0) is 19.4 Å². The van der Waals surface area contributed by atoms with Crippen LogP contribution in [-0.4, -0.2) is 21.3 Å². The van der Waals surface area contributed by atoms with Crippen molar-refractivity contribution >= 4 is 11.5 Å². The minimum Gasteiger partial charge on any atom is -0.381 e. The molecule has 0 aliphatic heterocycles. The maximum Gasteiger partial charge on any atom is 0.127 e. The first-order valence-corrected chi connectivity index (χ1v) is 6.62. The molecule has 2 heterocycles. The Morgan fingerprint density at radius 2 is 2.16 bits per heavy atom. The zero-order valence-electron chi connectivity index (χ0n) is 11.8. The molecule has 0 fully saturated rings. The van der Waals surface area contributed by atoms with Gasteiger partial charge in [-0.15, -0.1) is 0 Å². The van der Waals surface area contributed by atoms with Gasteiger partial charge in [0, 0.05) is 49.3 Å². The van der Waals surface area contributed by atoms with Gasteiger partial charge in [0.05, 0.1) is 6.20 Å². The summed E-state index contributed by atoms with van der Waals surface area (Å²) in [7, 11) is 1.96. The third kappa shape index (κ3) is 3.47. The van der Waals surface area contributed by atoms with Crippen molar-refractivity contribution in [2.45, 2.75) is 26.8 Å². The van der Waals surface area contributed by atoms with Crippen LogP contribution in [0.5, 0.6) is 0 Å². The molecule has 5 nitrogen and oxygen atoms in total. The number of rotatable bonds is 6. The van der Waals surface area contributed by atoms with Crippen molar-refractivity contribution in [3.8, 4) is 0 Å². The SMILES string of the molecule is CCCNc1cc(NCc2cnn(C)c2C)ccn1. The molecule has 2 N–H and O–H groups in total. The predicted molar refractivity (Wildman–Crippen MR) is 78.3 cm³/mol. The summed E-state index contributed by atoms with van der Waals surface area (Å²) in [5.41, 5.74) is 3.46. The molecule has 102 valence electrons. The summed E-state index contributed by atoms with van der Waals surface area (Å²) < 4.78 is 1.89. The molecule has 0 aromatic carbocycles. The number of aryl methyl sites for hydroxylation is 1. The Bertz CT molecular complexity index is 532. The average molecular weight is 259 g/mol. The first kappa shape index (κ1) is 13.4. The third-order valence-electron chi connectivity index (χ3n) is 3.14. The first-order chi connectivity index (χ1) is 9.20. The number of pyridine rings is 1. The zero-order chi connectivity index (χ0) is 13.7. The van der Waals surface area contributed by atoms with E-state index in [0.29, 0.717) is 0 Å². The number of anilines is 2. The maximum atomic E-state index is 4.29. The maximum absolute atomic E-state index is 4.29. The fourth-order valence-electron chi connectivity index (χ4n) is 1.81. The lowest BCUT2D eigenvalue weighted by molar-refractivity contribution is 0.738. The van der Waals surface area contributed by atoms with Crippen molar-refractivity contribution in [2.75, 3.05) is 17.2 Å². The van der Waals surface area contributed by atoms with Gasteiger partial charge in [0.25, 0.3) is 0 Å². The van der Waals surface area contributed by atoms with Gasteiger partial charge in [0.15, 0.2) is 0 Å². The van der Waals surface area contributed by atoms with E-state index in [0.717, 1.165) is 31.0 Å². The number of hydrogen-bond acceptors (Lipinski definition) is 4. The molecule has 0 radical (unpaired) electrons. The van der Waals surface area contributed by atoms with Crippen molar-refractivity contribution in [1.29, 1.82) is 0 Å². The Morgan fingerprint density at radius 3 is 2.84 bits per heavy atom. The Kier molecular flexibility index (Phi) is 4.39. The zero-order valence-corrected chi connectivity index (χ0v) is 11.8. The second kappa shape index (κ2) is 6.22. The Balaban J connectivity index is 1.97. The second-order valence-corrected chi connectivity index (χ2v) is 4.59.